The van der Waals surface area contributed by atoms with Crippen LogP contribution < -0.4 is 14.9 Å². The normalized spacial score (nSPS) is 14.1. The van der Waals surface area contributed by atoms with Crippen molar-refractivity contribution in [3.8, 4) is 6.07 Å². The molecule has 0 atom stereocenters. The van der Waals surface area contributed by atoms with Gasteiger partial charge in [-0.3, -0.25) is 9.52 Å². The number of nitrogens with one attached hydrogen (secondary N) is 2. The summed E-state index contributed by atoms with van der Waals surface area (Å²) in [5, 5.41) is 12.8. The Kier molecular flexibility index (Phi) is 8.36. The Morgan fingerprint density at radius 2 is 1.73 bits per heavy atom. The molecule has 0 saturated carbocycles. The van der Waals surface area contributed by atoms with E-state index in [0.29, 0.717) is 42.6 Å². The van der Waals surface area contributed by atoms with Gasteiger partial charge in [0.05, 0.1) is 40.2 Å². The van der Waals surface area contributed by atoms with Gasteiger partial charge in [0.25, 0.3) is 15.9 Å². The number of hydrogen-bond acceptors (Lipinski definition) is 6. The highest BCUT2D eigenvalue weighted by Crippen LogP contribution is 2.32. The fraction of sp³-hybridized carbons (Fsp3) is 0.154. The summed E-state index contributed by atoms with van der Waals surface area (Å²) in [6, 6.07) is 19.7. The Morgan fingerprint density at radius 3 is 2.43 bits per heavy atom. The molecule has 11 heteroatoms. The molecule has 0 aliphatic carbocycles. The van der Waals surface area contributed by atoms with Gasteiger partial charge >= 0.3 is 0 Å². The van der Waals surface area contributed by atoms with E-state index in [0.717, 1.165) is 0 Å². The molecule has 8 nitrogen and oxygen atoms in total. The van der Waals surface area contributed by atoms with Gasteiger partial charge in [0.2, 0.25) is 0 Å². The van der Waals surface area contributed by atoms with Gasteiger partial charge in [-0.2, -0.15) is 5.26 Å². The van der Waals surface area contributed by atoms with E-state index in [1.807, 2.05) is 17.0 Å². The fourth-order valence-corrected chi connectivity index (χ4v) is 5.19. The van der Waals surface area contributed by atoms with Gasteiger partial charge in [0.15, 0.2) is 0 Å². The van der Waals surface area contributed by atoms with Crippen LogP contribution in [0.25, 0.3) is 6.08 Å². The first-order valence-electron chi connectivity index (χ1n) is 11.2. The van der Waals surface area contributed by atoms with Gasteiger partial charge in [0, 0.05) is 18.1 Å². The van der Waals surface area contributed by atoms with Gasteiger partial charge in [0.1, 0.15) is 11.6 Å². The third-order valence-corrected chi connectivity index (χ3v) is 7.45. The van der Waals surface area contributed by atoms with Crippen LogP contribution in [0.5, 0.6) is 0 Å². The predicted octanol–water partition coefficient (Wildman–Crippen LogP) is 5.18. The van der Waals surface area contributed by atoms with Gasteiger partial charge in [-0.05, 0) is 48.0 Å². The number of morpholine rings is 1. The maximum Gasteiger partial charge on any atom is 0.266 e. The molecule has 3 aromatic rings. The molecular weight excluding hydrogens is 535 g/mol. The standard InChI is InChI=1S/C26H22Cl2N4O4S/c27-20-6-8-22(28)23(15-20)31-37(34,35)21-7-9-25(32-10-12-36-13-11-32)24(16-21)30-26(33)19(17-29)14-18-4-2-1-3-5-18/h1-9,14-16,31H,10-13H2,(H,30,33)/b19-14-. The van der Waals surface area contributed by atoms with Crippen LogP contribution in [0.3, 0.4) is 0 Å². The zero-order valence-corrected chi connectivity index (χ0v) is 21.8. The summed E-state index contributed by atoms with van der Waals surface area (Å²) in [6.07, 6.45) is 1.47. The molecule has 1 fully saturated rings. The number of ether oxygens (including phenoxy) is 1. The van der Waals surface area contributed by atoms with Crippen LogP contribution in [0, 0.1) is 11.3 Å². The van der Waals surface area contributed by atoms with E-state index in [1.165, 1.54) is 30.3 Å². The van der Waals surface area contributed by atoms with Crippen molar-refractivity contribution in [3.05, 3.63) is 87.9 Å². The number of rotatable bonds is 7. The van der Waals surface area contributed by atoms with Crippen LogP contribution in [0.1, 0.15) is 5.56 Å². The number of carbonyl (C=O) groups is 1. The van der Waals surface area contributed by atoms with E-state index in [-0.39, 0.29) is 26.9 Å². The molecule has 0 spiro atoms. The van der Waals surface area contributed by atoms with Crippen LogP contribution in [-0.4, -0.2) is 40.6 Å². The summed E-state index contributed by atoms with van der Waals surface area (Å²) in [5.74, 6) is -0.666. The average molecular weight is 557 g/mol. The first-order chi connectivity index (χ1) is 17.8. The molecule has 0 bridgehead atoms. The molecule has 3 aromatic carbocycles. The lowest BCUT2D eigenvalue weighted by atomic mass is 10.1. The molecule has 37 heavy (non-hydrogen) atoms. The maximum atomic E-state index is 13.2. The topological polar surface area (TPSA) is 112 Å². The highest BCUT2D eigenvalue weighted by molar-refractivity contribution is 7.92. The molecule has 0 radical (unpaired) electrons. The lowest BCUT2D eigenvalue weighted by Gasteiger charge is -2.30. The Balaban J connectivity index is 1.69. The smallest absolute Gasteiger partial charge is 0.266 e. The summed E-state index contributed by atoms with van der Waals surface area (Å²) in [4.78, 5) is 14.9. The van der Waals surface area contributed by atoms with E-state index in [4.69, 9.17) is 27.9 Å². The molecule has 1 aliphatic rings. The third kappa shape index (κ3) is 6.61. The summed E-state index contributed by atoms with van der Waals surface area (Å²) >= 11 is 12.1. The van der Waals surface area contributed by atoms with Crippen molar-refractivity contribution in [1.29, 1.82) is 5.26 Å². The molecule has 0 aromatic heterocycles. The van der Waals surface area contributed by atoms with Gasteiger partial charge in [-0.15, -0.1) is 0 Å². The Hall–Kier alpha value is -3.55. The number of carbonyl (C=O) groups excluding carboxylic acids is 1. The molecular formula is C26H22Cl2N4O4S. The van der Waals surface area contributed by atoms with Gasteiger partial charge < -0.3 is 15.0 Å². The average Bonchev–Trinajstić information content (AvgIpc) is 2.90. The molecule has 4 rings (SSSR count). The first-order valence-corrected chi connectivity index (χ1v) is 13.4. The highest BCUT2D eigenvalue weighted by Gasteiger charge is 2.23. The summed E-state index contributed by atoms with van der Waals surface area (Å²) in [5.41, 5.74) is 1.52. The summed E-state index contributed by atoms with van der Waals surface area (Å²) < 4.78 is 34.3. The molecule has 1 saturated heterocycles. The fourth-order valence-electron chi connectivity index (χ4n) is 3.70. The lowest BCUT2D eigenvalue weighted by molar-refractivity contribution is -0.112. The monoisotopic (exact) mass is 556 g/mol. The Bertz CT molecular complexity index is 1480. The minimum Gasteiger partial charge on any atom is -0.378 e. The number of anilines is 3. The van der Waals surface area contributed by atoms with Crippen molar-refractivity contribution in [3.63, 3.8) is 0 Å². The SMILES string of the molecule is N#C/C(=C/c1ccccc1)C(=O)Nc1cc(S(=O)(=O)Nc2cc(Cl)ccc2Cl)ccc1N1CCOCC1. The molecule has 2 N–H and O–H groups in total. The maximum absolute atomic E-state index is 13.2. The number of amides is 1. The zero-order valence-electron chi connectivity index (χ0n) is 19.4. The second kappa shape index (κ2) is 11.7. The van der Waals surface area contributed by atoms with Crippen molar-refractivity contribution in [2.24, 2.45) is 0 Å². The van der Waals surface area contributed by atoms with Crippen molar-refractivity contribution in [2.75, 3.05) is 41.2 Å². The van der Waals surface area contributed by atoms with Crippen LogP contribution in [0.15, 0.2) is 77.2 Å². The molecule has 190 valence electrons. The minimum atomic E-state index is -4.10. The van der Waals surface area contributed by atoms with E-state index in [9.17, 15) is 18.5 Å². The van der Waals surface area contributed by atoms with Crippen LogP contribution in [0.4, 0.5) is 17.1 Å². The Labute approximate surface area is 225 Å². The second-order valence-corrected chi connectivity index (χ2v) is 10.6. The van der Waals surface area contributed by atoms with Crippen LogP contribution in [-0.2, 0) is 19.6 Å². The van der Waals surface area contributed by atoms with E-state index < -0.39 is 15.9 Å². The number of benzene rings is 3. The predicted molar refractivity (Wildman–Crippen MR) is 145 cm³/mol. The van der Waals surface area contributed by atoms with Crippen molar-refractivity contribution >= 4 is 62.3 Å². The number of hydrogen-bond donors (Lipinski definition) is 2. The Morgan fingerprint density at radius 1 is 1.00 bits per heavy atom. The third-order valence-electron chi connectivity index (χ3n) is 5.53. The molecule has 0 unspecified atom stereocenters. The summed E-state index contributed by atoms with van der Waals surface area (Å²) in [7, 11) is -4.10. The van der Waals surface area contributed by atoms with Gasteiger partial charge in [-0.1, -0.05) is 53.5 Å². The first kappa shape index (κ1) is 26.5. The number of nitriles is 1. The lowest BCUT2D eigenvalue weighted by Crippen LogP contribution is -2.37. The quantitative estimate of drug-likeness (QED) is 0.306. The van der Waals surface area contributed by atoms with Crippen molar-refractivity contribution < 1.29 is 17.9 Å². The largest absolute Gasteiger partial charge is 0.378 e. The second-order valence-electron chi connectivity index (χ2n) is 8.04. The van der Waals surface area contributed by atoms with E-state index in [2.05, 4.69) is 10.0 Å². The minimum absolute atomic E-state index is 0.110. The van der Waals surface area contributed by atoms with Gasteiger partial charge in [-0.25, -0.2) is 8.42 Å². The highest BCUT2D eigenvalue weighted by atomic mass is 35.5. The van der Waals surface area contributed by atoms with E-state index >= 15 is 0 Å². The van der Waals surface area contributed by atoms with Crippen LogP contribution in [0.2, 0.25) is 10.0 Å². The zero-order chi connectivity index (χ0) is 26.4. The number of halogens is 2. The number of sulfonamides is 1. The molecule has 1 amide bonds. The molecule has 1 aliphatic heterocycles. The van der Waals surface area contributed by atoms with Crippen LogP contribution >= 0.6 is 23.2 Å². The van der Waals surface area contributed by atoms with E-state index in [1.54, 1.807) is 36.4 Å². The summed E-state index contributed by atoms with van der Waals surface area (Å²) in [6.45, 7) is 2.08. The number of nitrogens with zero attached hydrogens (tertiary/aromatic N) is 2. The van der Waals surface area contributed by atoms with Crippen molar-refractivity contribution in [1.82, 2.24) is 0 Å². The molecule has 1 heterocycles. The van der Waals surface area contributed by atoms with Crippen molar-refractivity contribution in [2.45, 2.75) is 4.90 Å².